The van der Waals surface area contributed by atoms with Crippen LogP contribution >= 0.6 is 0 Å². The second kappa shape index (κ2) is 9.87. The molecule has 0 bridgehead atoms. The number of rotatable bonds is 7. The van der Waals surface area contributed by atoms with Gasteiger partial charge in [0, 0.05) is 61.5 Å². The highest BCUT2D eigenvalue weighted by molar-refractivity contribution is 5.90. The number of aromatic hydroxyl groups is 1. The van der Waals surface area contributed by atoms with E-state index in [2.05, 4.69) is 4.90 Å². The van der Waals surface area contributed by atoms with Gasteiger partial charge in [-0.05, 0) is 55.8 Å². The molecule has 8 heteroatoms. The summed E-state index contributed by atoms with van der Waals surface area (Å²) in [4.78, 5) is 16.8. The molecule has 176 valence electrons. The van der Waals surface area contributed by atoms with Gasteiger partial charge in [-0.3, -0.25) is 14.3 Å². The minimum Gasteiger partial charge on any atom is -0.508 e. The van der Waals surface area contributed by atoms with Gasteiger partial charge in [0.25, 0.3) is 0 Å². The number of piperazine rings is 1. The normalized spacial score (nSPS) is 15.3. The third-order valence-electron chi connectivity index (χ3n) is 6.19. The molecule has 2 heterocycles. The van der Waals surface area contributed by atoms with Crippen molar-refractivity contribution in [1.82, 2.24) is 9.47 Å². The van der Waals surface area contributed by atoms with E-state index in [4.69, 9.17) is 0 Å². The summed E-state index contributed by atoms with van der Waals surface area (Å²) >= 11 is 0. The molecule has 1 N–H and O–H groups in total. The number of fused-ring (bicyclic) bond motifs is 1. The molecule has 1 aliphatic heterocycles. The summed E-state index contributed by atoms with van der Waals surface area (Å²) in [6.45, 7) is 3.97. The van der Waals surface area contributed by atoms with Crippen molar-refractivity contribution in [2.45, 2.75) is 31.9 Å². The highest BCUT2D eigenvalue weighted by Gasteiger charge is 2.31. The number of hydrogen-bond donors (Lipinski definition) is 1. The van der Waals surface area contributed by atoms with Crippen molar-refractivity contribution in [2.75, 3.05) is 37.6 Å². The van der Waals surface area contributed by atoms with E-state index in [-0.39, 0.29) is 11.7 Å². The minimum atomic E-state index is -4.32. The number of phenolic OH excluding ortho intramolecular Hbond substituents is 1. The SMILES string of the molecule is O=C(CCCCCN1CCN(c2cccc(C(F)(F)F)c2)CC1)n1cc2ccc(O)cc2c1. The van der Waals surface area contributed by atoms with Gasteiger partial charge in [-0.25, -0.2) is 0 Å². The topological polar surface area (TPSA) is 48.7 Å². The lowest BCUT2D eigenvalue weighted by atomic mass is 10.1. The molecule has 3 aromatic rings. The van der Waals surface area contributed by atoms with Gasteiger partial charge in [-0.15, -0.1) is 0 Å². The zero-order valence-electron chi connectivity index (χ0n) is 18.4. The van der Waals surface area contributed by atoms with Crippen molar-refractivity contribution in [3.05, 3.63) is 60.4 Å². The van der Waals surface area contributed by atoms with Crippen LogP contribution in [0.2, 0.25) is 0 Å². The van der Waals surface area contributed by atoms with Gasteiger partial charge in [0.1, 0.15) is 5.75 Å². The molecular weight excluding hydrogens is 431 g/mol. The highest BCUT2D eigenvalue weighted by Crippen LogP contribution is 2.32. The fourth-order valence-corrected chi connectivity index (χ4v) is 4.30. The molecule has 2 aromatic carbocycles. The first kappa shape index (κ1) is 23.2. The number of aromatic nitrogens is 1. The monoisotopic (exact) mass is 459 g/mol. The van der Waals surface area contributed by atoms with E-state index in [0.717, 1.165) is 55.7 Å². The zero-order valence-corrected chi connectivity index (χ0v) is 18.4. The maximum Gasteiger partial charge on any atom is 0.416 e. The maximum atomic E-state index is 13.0. The number of benzene rings is 2. The minimum absolute atomic E-state index is 0.0420. The number of anilines is 1. The van der Waals surface area contributed by atoms with Crippen LogP contribution in [0.1, 0.15) is 36.0 Å². The van der Waals surface area contributed by atoms with Crippen molar-refractivity contribution in [2.24, 2.45) is 0 Å². The summed E-state index contributed by atoms with van der Waals surface area (Å²) in [6.07, 6.45) is 2.43. The van der Waals surface area contributed by atoms with E-state index in [0.29, 0.717) is 25.2 Å². The quantitative estimate of drug-likeness (QED) is 0.482. The third kappa shape index (κ3) is 5.87. The Kier molecular flexibility index (Phi) is 6.93. The highest BCUT2D eigenvalue weighted by atomic mass is 19.4. The van der Waals surface area contributed by atoms with Crippen LogP contribution in [0.3, 0.4) is 0 Å². The van der Waals surface area contributed by atoms with Crippen LogP contribution in [0.15, 0.2) is 54.9 Å². The fourth-order valence-electron chi connectivity index (χ4n) is 4.30. The molecule has 1 fully saturated rings. The number of phenols is 1. The van der Waals surface area contributed by atoms with E-state index >= 15 is 0 Å². The van der Waals surface area contributed by atoms with Crippen molar-refractivity contribution < 1.29 is 23.1 Å². The van der Waals surface area contributed by atoms with E-state index in [9.17, 15) is 23.1 Å². The molecular formula is C25H28F3N3O2. The van der Waals surface area contributed by atoms with Crippen LogP contribution in [-0.4, -0.2) is 53.2 Å². The number of unbranched alkanes of at least 4 members (excludes halogenated alkanes) is 2. The predicted molar refractivity (Wildman–Crippen MR) is 123 cm³/mol. The molecule has 0 spiro atoms. The summed E-state index contributed by atoms with van der Waals surface area (Å²) in [6, 6.07) is 10.6. The van der Waals surface area contributed by atoms with Crippen LogP contribution in [0.4, 0.5) is 18.9 Å². The van der Waals surface area contributed by atoms with Crippen LogP contribution in [0.5, 0.6) is 5.75 Å². The number of hydrogen-bond acceptors (Lipinski definition) is 4. The summed E-state index contributed by atoms with van der Waals surface area (Å²) in [7, 11) is 0. The molecule has 0 atom stereocenters. The molecule has 1 aliphatic rings. The van der Waals surface area contributed by atoms with Crippen molar-refractivity contribution in [3.63, 3.8) is 0 Å². The lowest BCUT2D eigenvalue weighted by Gasteiger charge is -2.36. The molecule has 0 aliphatic carbocycles. The first-order valence-electron chi connectivity index (χ1n) is 11.3. The lowest BCUT2D eigenvalue weighted by Crippen LogP contribution is -2.46. The summed E-state index contributed by atoms with van der Waals surface area (Å²) in [5.41, 5.74) is 0.0130. The average Bonchev–Trinajstić information content (AvgIpc) is 3.22. The van der Waals surface area contributed by atoms with Crippen molar-refractivity contribution in [3.8, 4) is 5.75 Å². The first-order chi connectivity index (χ1) is 15.8. The molecule has 0 radical (unpaired) electrons. The van der Waals surface area contributed by atoms with Crippen LogP contribution in [0, 0.1) is 0 Å². The van der Waals surface area contributed by atoms with Crippen LogP contribution in [-0.2, 0) is 6.18 Å². The maximum absolute atomic E-state index is 13.0. The first-order valence-corrected chi connectivity index (χ1v) is 11.3. The standard InChI is InChI=1S/C25H28F3N3O2/c26-25(27,28)21-5-4-6-22(16-21)30-13-11-29(12-14-30)10-3-1-2-7-24(33)31-17-19-8-9-23(32)15-20(19)18-31/h4-6,8-9,15-18,32H,1-3,7,10-14H2. The Hall–Kier alpha value is -3.00. The lowest BCUT2D eigenvalue weighted by molar-refractivity contribution is -0.137. The Morgan fingerprint density at radius 2 is 1.67 bits per heavy atom. The van der Waals surface area contributed by atoms with E-state index in [1.807, 2.05) is 4.90 Å². The predicted octanol–water partition coefficient (Wildman–Crippen LogP) is 5.39. The van der Waals surface area contributed by atoms with E-state index < -0.39 is 11.7 Å². The number of carbonyl (C=O) groups excluding carboxylic acids is 1. The van der Waals surface area contributed by atoms with Gasteiger partial charge >= 0.3 is 6.18 Å². The Morgan fingerprint density at radius 3 is 2.42 bits per heavy atom. The molecule has 1 saturated heterocycles. The summed E-state index contributed by atoms with van der Waals surface area (Å²) in [5, 5.41) is 11.3. The molecule has 33 heavy (non-hydrogen) atoms. The molecule has 0 saturated carbocycles. The second-order valence-electron chi connectivity index (χ2n) is 8.56. The van der Waals surface area contributed by atoms with Gasteiger partial charge in [0.2, 0.25) is 5.91 Å². The molecule has 4 rings (SSSR count). The van der Waals surface area contributed by atoms with Gasteiger partial charge in [0.05, 0.1) is 5.56 Å². The average molecular weight is 460 g/mol. The largest absolute Gasteiger partial charge is 0.508 e. The van der Waals surface area contributed by atoms with Gasteiger partial charge < -0.3 is 10.0 Å². The Bertz CT molecular complexity index is 1100. The molecule has 0 amide bonds. The molecule has 1 aromatic heterocycles. The Balaban J connectivity index is 1.16. The van der Waals surface area contributed by atoms with Crippen LogP contribution in [0.25, 0.3) is 10.8 Å². The number of halogens is 3. The van der Waals surface area contributed by atoms with Gasteiger partial charge in [0.15, 0.2) is 0 Å². The Morgan fingerprint density at radius 1 is 0.909 bits per heavy atom. The molecule has 0 unspecified atom stereocenters. The van der Waals surface area contributed by atoms with E-state index in [1.54, 1.807) is 41.2 Å². The number of alkyl halides is 3. The molecule has 5 nitrogen and oxygen atoms in total. The number of carbonyl (C=O) groups is 1. The van der Waals surface area contributed by atoms with Crippen LogP contribution < -0.4 is 4.90 Å². The zero-order chi connectivity index (χ0) is 23.4. The second-order valence-corrected chi connectivity index (χ2v) is 8.56. The van der Waals surface area contributed by atoms with E-state index in [1.165, 1.54) is 12.1 Å². The van der Waals surface area contributed by atoms with Crippen molar-refractivity contribution in [1.29, 1.82) is 0 Å². The Labute approximate surface area is 191 Å². The van der Waals surface area contributed by atoms with Crippen molar-refractivity contribution >= 4 is 22.4 Å². The third-order valence-corrected chi connectivity index (χ3v) is 6.19. The van der Waals surface area contributed by atoms with Gasteiger partial charge in [-0.1, -0.05) is 12.5 Å². The summed E-state index contributed by atoms with van der Waals surface area (Å²) < 4.78 is 40.4. The fraction of sp³-hybridized carbons (Fsp3) is 0.400. The van der Waals surface area contributed by atoms with Gasteiger partial charge in [-0.2, -0.15) is 13.2 Å². The smallest absolute Gasteiger partial charge is 0.416 e. The number of nitrogens with zero attached hydrogens (tertiary/aromatic N) is 3. The summed E-state index contributed by atoms with van der Waals surface area (Å²) in [5.74, 6) is 0.226.